The van der Waals surface area contributed by atoms with Crippen LogP contribution in [-0.2, 0) is 10.0 Å². The number of benzene rings is 1. The van der Waals surface area contributed by atoms with Gasteiger partial charge in [0.15, 0.2) is 0 Å². The van der Waals surface area contributed by atoms with Gasteiger partial charge in [-0.2, -0.15) is 16.1 Å². The third-order valence-corrected chi connectivity index (χ3v) is 7.01. The second kappa shape index (κ2) is 7.41. The van der Waals surface area contributed by atoms with E-state index in [1.165, 1.54) is 16.6 Å². The van der Waals surface area contributed by atoms with E-state index in [4.69, 9.17) is 11.6 Å². The Bertz CT molecular complexity index is 890. The summed E-state index contributed by atoms with van der Waals surface area (Å²) in [5.41, 5.74) is 1.64. The van der Waals surface area contributed by atoms with Crippen LogP contribution in [0.2, 0.25) is 5.02 Å². The first-order valence-electron chi connectivity index (χ1n) is 7.72. The van der Waals surface area contributed by atoms with Crippen molar-refractivity contribution in [1.82, 2.24) is 9.29 Å². The van der Waals surface area contributed by atoms with Crippen LogP contribution in [0.25, 0.3) is 0 Å². The van der Waals surface area contributed by atoms with Gasteiger partial charge >= 0.3 is 0 Å². The molecule has 2 heterocycles. The van der Waals surface area contributed by atoms with E-state index in [1.807, 2.05) is 6.92 Å². The monoisotopic (exact) mass is 399 g/mol. The lowest BCUT2D eigenvalue weighted by Gasteiger charge is -2.24. The highest BCUT2D eigenvalue weighted by Gasteiger charge is 2.27. The minimum absolute atomic E-state index is 0.104. The van der Waals surface area contributed by atoms with Crippen molar-refractivity contribution in [2.45, 2.75) is 11.8 Å². The Kier molecular flexibility index (Phi) is 5.43. The number of nitrogens with zero attached hydrogens (tertiary/aromatic N) is 1. The minimum atomic E-state index is -3.57. The molecule has 0 saturated carbocycles. The molecule has 1 aromatic carbocycles. The lowest BCUT2D eigenvalue weighted by Crippen LogP contribution is -2.37. The highest BCUT2D eigenvalue weighted by molar-refractivity contribution is 7.99. The van der Waals surface area contributed by atoms with Gasteiger partial charge in [0.05, 0.1) is 0 Å². The molecule has 6 nitrogen and oxygen atoms in total. The third kappa shape index (κ3) is 4.03. The van der Waals surface area contributed by atoms with Gasteiger partial charge in [-0.15, -0.1) is 0 Å². The van der Waals surface area contributed by atoms with E-state index < -0.39 is 15.9 Å². The van der Waals surface area contributed by atoms with Crippen LogP contribution in [0.1, 0.15) is 16.1 Å². The highest BCUT2D eigenvalue weighted by atomic mass is 35.5. The molecule has 0 bridgehead atoms. The summed E-state index contributed by atoms with van der Waals surface area (Å²) < 4.78 is 26.7. The van der Waals surface area contributed by atoms with E-state index >= 15 is 0 Å². The normalized spacial score (nSPS) is 15.9. The maximum atomic E-state index is 12.6. The molecule has 9 heteroatoms. The van der Waals surface area contributed by atoms with Crippen molar-refractivity contribution in [1.29, 1.82) is 0 Å². The summed E-state index contributed by atoms with van der Waals surface area (Å²) in [5, 5.41) is 3.26. The number of anilines is 1. The number of rotatable bonds is 4. The fourth-order valence-corrected chi connectivity index (χ4v) is 5.25. The SMILES string of the molecule is Cc1ccc(Cl)cc1NC(=O)c1cc(S(=O)(=O)N2CCSCC2)c[nH]1. The van der Waals surface area contributed by atoms with Gasteiger partial charge in [0.2, 0.25) is 10.0 Å². The largest absolute Gasteiger partial charge is 0.356 e. The average Bonchev–Trinajstić information content (AvgIpc) is 3.10. The lowest BCUT2D eigenvalue weighted by molar-refractivity contribution is 0.102. The number of carbonyl (C=O) groups excluding carboxylic acids is 1. The maximum Gasteiger partial charge on any atom is 0.272 e. The number of aromatic amines is 1. The second-order valence-electron chi connectivity index (χ2n) is 5.68. The Morgan fingerprint density at radius 1 is 1.28 bits per heavy atom. The first kappa shape index (κ1) is 18.3. The number of aryl methyl sites for hydroxylation is 1. The topological polar surface area (TPSA) is 82.3 Å². The van der Waals surface area contributed by atoms with Gasteiger partial charge in [0.1, 0.15) is 10.6 Å². The Hall–Kier alpha value is -1.48. The quantitative estimate of drug-likeness (QED) is 0.828. The molecule has 2 N–H and O–H groups in total. The molecule has 0 unspecified atom stereocenters. The van der Waals surface area contributed by atoms with Gasteiger partial charge in [0.25, 0.3) is 5.91 Å². The average molecular weight is 400 g/mol. The van der Waals surface area contributed by atoms with Crippen LogP contribution in [0.4, 0.5) is 5.69 Å². The molecule has 1 fully saturated rings. The Morgan fingerprint density at radius 3 is 2.72 bits per heavy atom. The van der Waals surface area contributed by atoms with Crippen molar-refractivity contribution < 1.29 is 13.2 Å². The number of halogens is 1. The van der Waals surface area contributed by atoms with Crippen molar-refractivity contribution in [3.63, 3.8) is 0 Å². The summed E-state index contributed by atoms with van der Waals surface area (Å²) in [4.78, 5) is 15.3. The number of thioether (sulfide) groups is 1. The molecule has 0 aliphatic carbocycles. The predicted molar refractivity (Wildman–Crippen MR) is 101 cm³/mol. The van der Waals surface area contributed by atoms with Gasteiger partial charge in [0, 0.05) is 41.5 Å². The zero-order valence-electron chi connectivity index (χ0n) is 13.6. The molecule has 25 heavy (non-hydrogen) atoms. The van der Waals surface area contributed by atoms with Crippen LogP contribution in [0.5, 0.6) is 0 Å². The fraction of sp³-hybridized carbons (Fsp3) is 0.312. The zero-order valence-corrected chi connectivity index (χ0v) is 16.0. The first-order valence-corrected chi connectivity index (χ1v) is 10.7. The van der Waals surface area contributed by atoms with Crippen LogP contribution in [-0.4, -0.2) is 48.2 Å². The second-order valence-corrected chi connectivity index (χ2v) is 9.28. The van der Waals surface area contributed by atoms with E-state index in [1.54, 1.807) is 30.0 Å². The van der Waals surface area contributed by atoms with Crippen molar-refractivity contribution >= 4 is 45.0 Å². The highest BCUT2D eigenvalue weighted by Crippen LogP contribution is 2.23. The third-order valence-electron chi connectivity index (χ3n) is 3.96. The molecular formula is C16H18ClN3O3S2. The van der Waals surface area contributed by atoms with Gasteiger partial charge in [-0.3, -0.25) is 4.79 Å². The number of amides is 1. The lowest BCUT2D eigenvalue weighted by atomic mass is 10.2. The maximum absolute atomic E-state index is 12.6. The summed E-state index contributed by atoms with van der Waals surface area (Å²) in [7, 11) is -3.57. The minimum Gasteiger partial charge on any atom is -0.356 e. The van der Waals surface area contributed by atoms with Crippen LogP contribution in [0, 0.1) is 6.92 Å². The van der Waals surface area contributed by atoms with Crippen molar-refractivity contribution in [2.24, 2.45) is 0 Å². The van der Waals surface area contributed by atoms with E-state index in [0.717, 1.165) is 17.1 Å². The standard InChI is InChI=1S/C16H18ClN3O3S2/c1-11-2-3-12(17)8-14(11)19-16(21)15-9-13(10-18-15)25(22,23)20-4-6-24-7-5-20/h2-3,8-10,18H,4-7H2,1H3,(H,19,21). The molecule has 1 amide bonds. The summed E-state index contributed by atoms with van der Waals surface area (Å²) in [6.07, 6.45) is 1.36. The van der Waals surface area contributed by atoms with Crippen LogP contribution < -0.4 is 5.32 Å². The number of aromatic nitrogens is 1. The summed E-state index contributed by atoms with van der Waals surface area (Å²) in [6, 6.07) is 6.56. The summed E-state index contributed by atoms with van der Waals surface area (Å²) >= 11 is 7.69. The molecule has 1 saturated heterocycles. The van der Waals surface area contributed by atoms with Crippen molar-refractivity contribution in [3.8, 4) is 0 Å². The summed E-state index contributed by atoms with van der Waals surface area (Å²) in [6.45, 7) is 2.83. The Labute approximate surface area is 156 Å². The van der Waals surface area contributed by atoms with Gasteiger partial charge < -0.3 is 10.3 Å². The molecule has 1 aliphatic heterocycles. The molecule has 0 radical (unpaired) electrons. The molecule has 1 aromatic heterocycles. The van der Waals surface area contributed by atoms with Gasteiger partial charge in [-0.1, -0.05) is 17.7 Å². The number of H-pyrrole nitrogens is 1. The first-order chi connectivity index (χ1) is 11.9. The molecule has 0 atom stereocenters. The van der Waals surface area contributed by atoms with Crippen LogP contribution >= 0.6 is 23.4 Å². The molecule has 3 rings (SSSR count). The smallest absolute Gasteiger partial charge is 0.272 e. The van der Waals surface area contributed by atoms with Crippen LogP contribution in [0.3, 0.4) is 0 Å². The Morgan fingerprint density at radius 2 is 2.00 bits per heavy atom. The number of sulfonamides is 1. The summed E-state index contributed by atoms with van der Waals surface area (Å²) in [5.74, 6) is 1.15. The predicted octanol–water partition coefficient (Wildman–Crippen LogP) is 2.97. The van der Waals surface area contributed by atoms with Gasteiger partial charge in [-0.25, -0.2) is 8.42 Å². The van der Waals surface area contributed by atoms with Crippen LogP contribution in [0.15, 0.2) is 35.4 Å². The molecule has 134 valence electrons. The zero-order chi connectivity index (χ0) is 18.0. The number of hydrogen-bond donors (Lipinski definition) is 2. The molecular weight excluding hydrogens is 382 g/mol. The van der Waals surface area contributed by atoms with Gasteiger partial charge in [-0.05, 0) is 30.7 Å². The van der Waals surface area contributed by atoms with E-state index in [2.05, 4.69) is 10.3 Å². The van der Waals surface area contributed by atoms with Crippen molar-refractivity contribution in [2.75, 3.05) is 29.9 Å². The number of nitrogens with one attached hydrogen (secondary N) is 2. The Balaban J connectivity index is 1.78. The van der Waals surface area contributed by atoms with Crippen molar-refractivity contribution in [3.05, 3.63) is 46.7 Å². The van der Waals surface area contributed by atoms with E-state index in [0.29, 0.717) is 23.8 Å². The number of hydrogen-bond acceptors (Lipinski definition) is 4. The molecule has 2 aromatic rings. The molecule has 1 aliphatic rings. The van der Waals surface area contributed by atoms with E-state index in [-0.39, 0.29) is 10.6 Å². The fourth-order valence-electron chi connectivity index (χ4n) is 2.51. The molecule has 0 spiro atoms. The van der Waals surface area contributed by atoms with E-state index in [9.17, 15) is 13.2 Å². The number of carbonyl (C=O) groups is 1.